The molecule has 1 aromatic rings. The number of nitrogens with zero attached hydrogens (tertiary/aromatic N) is 2. The monoisotopic (exact) mass is 261 g/mol. The van der Waals surface area contributed by atoms with Gasteiger partial charge in [-0.3, -0.25) is 4.79 Å². The summed E-state index contributed by atoms with van der Waals surface area (Å²) in [6, 6.07) is 9.96. The lowest BCUT2D eigenvalue weighted by Gasteiger charge is -2.51. The number of amides is 1. The van der Waals surface area contributed by atoms with E-state index < -0.39 is 0 Å². The number of likely N-dealkylation sites (N-methyl/N-ethyl adjacent to an activating group) is 1. The van der Waals surface area contributed by atoms with Gasteiger partial charge in [0.2, 0.25) is 5.91 Å². The molecule has 0 aliphatic carbocycles. The second-order valence-electron chi connectivity index (χ2n) is 5.81. The minimum atomic E-state index is -0.166. The SMILES string of the molecule is CN1CC(C)(C)N(c2ccccc2)C(CCN)C1=O. The number of piperazine rings is 1. The van der Waals surface area contributed by atoms with Crippen LogP contribution in [0, 0.1) is 0 Å². The number of carbonyl (C=O) groups excluding carboxylic acids is 1. The highest BCUT2D eigenvalue weighted by atomic mass is 16.2. The molecule has 1 aromatic carbocycles. The van der Waals surface area contributed by atoms with E-state index in [9.17, 15) is 4.79 Å². The third-order valence-corrected chi connectivity index (χ3v) is 3.72. The van der Waals surface area contributed by atoms with Crippen molar-refractivity contribution >= 4 is 11.6 Å². The molecule has 1 atom stereocenters. The molecule has 1 heterocycles. The summed E-state index contributed by atoms with van der Waals surface area (Å²) in [5.41, 5.74) is 6.70. The Balaban J connectivity index is 2.42. The molecule has 104 valence electrons. The van der Waals surface area contributed by atoms with Crippen molar-refractivity contribution in [2.24, 2.45) is 5.73 Å². The molecule has 4 nitrogen and oxygen atoms in total. The lowest BCUT2D eigenvalue weighted by atomic mass is 9.92. The third-order valence-electron chi connectivity index (χ3n) is 3.72. The van der Waals surface area contributed by atoms with Crippen LogP contribution in [0.2, 0.25) is 0 Å². The normalized spacial score (nSPS) is 22.7. The smallest absolute Gasteiger partial charge is 0.245 e. The largest absolute Gasteiger partial charge is 0.353 e. The van der Waals surface area contributed by atoms with Crippen LogP contribution in [-0.2, 0) is 4.79 Å². The molecule has 0 bridgehead atoms. The Labute approximate surface area is 115 Å². The van der Waals surface area contributed by atoms with Gasteiger partial charge in [-0.1, -0.05) is 18.2 Å². The molecule has 1 amide bonds. The van der Waals surface area contributed by atoms with Gasteiger partial charge in [0.1, 0.15) is 6.04 Å². The molecule has 2 N–H and O–H groups in total. The van der Waals surface area contributed by atoms with Crippen LogP contribution in [0.5, 0.6) is 0 Å². The van der Waals surface area contributed by atoms with E-state index in [-0.39, 0.29) is 17.5 Å². The molecule has 1 saturated heterocycles. The summed E-state index contributed by atoms with van der Waals surface area (Å²) < 4.78 is 0. The van der Waals surface area contributed by atoms with Gasteiger partial charge in [0.05, 0.1) is 5.54 Å². The van der Waals surface area contributed by atoms with Crippen LogP contribution >= 0.6 is 0 Å². The molecule has 0 spiro atoms. The van der Waals surface area contributed by atoms with Gasteiger partial charge < -0.3 is 15.5 Å². The molecule has 2 rings (SSSR count). The molecule has 4 heteroatoms. The first-order valence-corrected chi connectivity index (χ1v) is 6.77. The maximum Gasteiger partial charge on any atom is 0.245 e. The molecule has 1 aliphatic rings. The van der Waals surface area contributed by atoms with Gasteiger partial charge in [-0.05, 0) is 38.9 Å². The second-order valence-corrected chi connectivity index (χ2v) is 5.81. The Bertz CT molecular complexity index is 444. The zero-order chi connectivity index (χ0) is 14.0. The van der Waals surface area contributed by atoms with E-state index >= 15 is 0 Å². The molecule has 19 heavy (non-hydrogen) atoms. The Kier molecular flexibility index (Phi) is 3.80. The fourth-order valence-corrected chi connectivity index (χ4v) is 3.05. The van der Waals surface area contributed by atoms with Crippen molar-refractivity contribution in [1.29, 1.82) is 0 Å². The summed E-state index contributed by atoms with van der Waals surface area (Å²) in [6.07, 6.45) is 0.682. The first-order valence-electron chi connectivity index (χ1n) is 6.77. The van der Waals surface area contributed by atoms with Crippen molar-refractivity contribution in [3.8, 4) is 0 Å². The summed E-state index contributed by atoms with van der Waals surface area (Å²) >= 11 is 0. The summed E-state index contributed by atoms with van der Waals surface area (Å²) in [5, 5.41) is 0. The standard InChI is InChI=1S/C15H23N3O/c1-15(2)11-17(3)14(19)13(9-10-16)18(15)12-7-5-4-6-8-12/h4-8,13H,9-11,16H2,1-3H3. The molecular weight excluding hydrogens is 238 g/mol. The predicted molar refractivity (Wildman–Crippen MR) is 78.1 cm³/mol. The summed E-state index contributed by atoms with van der Waals surface area (Å²) in [4.78, 5) is 16.5. The minimum absolute atomic E-state index is 0.0934. The number of carbonyl (C=O) groups is 1. The molecule has 0 saturated carbocycles. The van der Waals surface area contributed by atoms with Crippen LogP contribution in [0.4, 0.5) is 5.69 Å². The van der Waals surface area contributed by atoms with Gasteiger partial charge in [0.15, 0.2) is 0 Å². The number of hydrogen-bond acceptors (Lipinski definition) is 3. The van der Waals surface area contributed by atoms with Gasteiger partial charge in [-0.2, -0.15) is 0 Å². The predicted octanol–water partition coefficient (Wildman–Crippen LogP) is 1.46. The maximum atomic E-state index is 12.4. The van der Waals surface area contributed by atoms with E-state index in [0.29, 0.717) is 13.0 Å². The Morgan fingerprint density at radius 1 is 1.32 bits per heavy atom. The number of nitrogens with two attached hydrogens (primary N) is 1. The quantitative estimate of drug-likeness (QED) is 0.896. The van der Waals surface area contributed by atoms with Gasteiger partial charge in [0, 0.05) is 19.3 Å². The van der Waals surface area contributed by atoms with E-state index in [1.807, 2.05) is 30.1 Å². The number of anilines is 1. The van der Waals surface area contributed by atoms with Gasteiger partial charge in [0.25, 0.3) is 0 Å². The lowest BCUT2D eigenvalue weighted by molar-refractivity contribution is -0.135. The molecule has 1 aliphatic heterocycles. The first-order chi connectivity index (χ1) is 8.97. The molecule has 0 aromatic heterocycles. The average Bonchev–Trinajstić information content (AvgIpc) is 2.36. The van der Waals surface area contributed by atoms with Crippen LogP contribution in [0.3, 0.4) is 0 Å². The van der Waals surface area contributed by atoms with Crippen LogP contribution in [0.1, 0.15) is 20.3 Å². The Morgan fingerprint density at radius 2 is 1.95 bits per heavy atom. The van der Waals surface area contributed by atoms with Crippen LogP contribution in [0.15, 0.2) is 30.3 Å². The Morgan fingerprint density at radius 3 is 2.53 bits per heavy atom. The summed E-state index contributed by atoms with van der Waals surface area (Å²) in [7, 11) is 1.87. The van der Waals surface area contributed by atoms with Crippen LogP contribution in [-0.4, -0.2) is 42.5 Å². The third kappa shape index (κ3) is 2.59. The van der Waals surface area contributed by atoms with Crippen LogP contribution in [0.25, 0.3) is 0 Å². The number of hydrogen-bond donors (Lipinski definition) is 1. The number of rotatable bonds is 3. The highest BCUT2D eigenvalue weighted by molar-refractivity contribution is 5.87. The first kappa shape index (κ1) is 13.9. The fraction of sp³-hybridized carbons (Fsp3) is 0.533. The van der Waals surface area contributed by atoms with Gasteiger partial charge in [-0.15, -0.1) is 0 Å². The fourth-order valence-electron chi connectivity index (χ4n) is 3.05. The lowest BCUT2D eigenvalue weighted by Crippen LogP contribution is -2.66. The molecule has 0 radical (unpaired) electrons. The van der Waals surface area contributed by atoms with Crippen LogP contribution < -0.4 is 10.6 Å². The zero-order valence-electron chi connectivity index (χ0n) is 12.0. The number of benzene rings is 1. The van der Waals surface area contributed by atoms with Crippen molar-refractivity contribution in [2.75, 3.05) is 25.0 Å². The highest BCUT2D eigenvalue weighted by Gasteiger charge is 2.43. The highest BCUT2D eigenvalue weighted by Crippen LogP contribution is 2.32. The number of para-hydroxylation sites is 1. The van der Waals surface area contributed by atoms with E-state index in [1.54, 1.807) is 0 Å². The van der Waals surface area contributed by atoms with Gasteiger partial charge >= 0.3 is 0 Å². The summed E-state index contributed by atoms with van der Waals surface area (Å²) in [6.45, 7) is 5.59. The summed E-state index contributed by atoms with van der Waals surface area (Å²) in [5.74, 6) is 0.161. The van der Waals surface area contributed by atoms with Crippen molar-refractivity contribution in [3.63, 3.8) is 0 Å². The second kappa shape index (κ2) is 5.21. The van der Waals surface area contributed by atoms with Crippen molar-refractivity contribution < 1.29 is 4.79 Å². The van der Waals surface area contributed by atoms with Gasteiger partial charge in [-0.25, -0.2) is 0 Å². The van der Waals surface area contributed by atoms with Crippen molar-refractivity contribution in [1.82, 2.24) is 4.90 Å². The molecule has 1 unspecified atom stereocenters. The zero-order valence-corrected chi connectivity index (χ0v) is 12.0. The Hall–Kier alpha value is -1.55. The van der Waals surface area contributed by atoms with Crippen molar-refractivity contribution in [3.05, 3.63) is 30.3 Å². The minimum Gasteiger partial charge on any atom is -0.353 e. The van der Waals surface area contributed by atoms with E-state index in [2.05, 4.69) is 30.9 Å². The van der Waals surface area contributed by atoms with Crippen molar-refractivity contribution in [2.45, 2.75) is 31.8 Å². The van der Waals surface area contributed by atoms with E-state index in [0.717, 1.165) is 12.2 Å². The maximum absolute atomic E-state index is 12.4. The van der Waals surface area contributed by atoms with E-state index in [4.69, 9.17) is 5.73 Å². The topological polar surface area (TPSA) is 49.6 Å². The average molecular weight is 261 g/mol. The molecule has 1 fully saturated rings. The van der Waals surface area contributed by atoms with E-state index in [1.165, 1.54) is 0 Å². The molecular formula is C15H23N3O.